The predicted molar refractivity (Wildman–Crippen MR) is 67.5 cm³/mol. The molecule has 120 valence electrons. The van der Waals surface area contributed by atoms with E-state index in [0.29, 0.717) is 13.0 Å². The molecular weight excluding hydrogens is 289 g/mol. The van der Waals surface area contributed by atoms with Crippen molar-refractivity contribution in [2.75, 3.05) is 26.2 Å². The summed E-state index contributed by atoms with van der Waals surface area (Å²) in [6.07, 6.45) is -4.07. The van der Waals surface area contributed by atoms with Gasteiger partial charge in [-0.25, -0.2) is 0 Å². The quantitative estimate of drug-likeness (QED) is 0.805. The van der Waals surface area contributed by atoms with Gasteiger partial charge in [-0.15, -0.1) is 0 Å². The molecule has 2 N–H and O–H groups in total. The second kappa shape index (κ2) is 5.15. The molecule has 0 aromatic heterocycles. The molecule has 0 aliphatic carbocycles. The van der Waals surface area contributed by atoms with Crippen LogP contribution in [0.15, 0.2) is 0 Å². The zero-order valence-corrected chi connectivity index (χ0v) is 11.8. The zero-order chi connectivity index (χ0) is 15.9. The summed E-state index contributed by atoms with van der Waals surface area (Å²) in [5, 5.41) is 12.1. The molecular formula is C13H19F3N2O3. The minimum Gasteiger partial charge on any atom is -0.481 e. The Morgan fingerprint density at radius 3 is 2.38 bits per heavy atom. The van der Waals surface area contributed by atoms with Gasteiger partial charge in [-0.05, 0) is 32.7 Å². The van der Waals surface area contributed by atoms with E-state index < -0.39 is 35.9 Å². The summed E-state index contributed by atoms with van der Waals surface area (Å²) in [6, 6.07) is 0. The maximum Gasteiger partial charge on any atom is 0.406 e. The van der Waals surface area contributed by atoms with Crippen LogP contribution in [0.5, 0.6) is 0 Å². The molecule has 2 rings (SSSR count). The number of hydrogen-bond donors (Lipinski definition) is 2. The maximum atomic E-state index is 13.1. The van der Waals surface area contributed by atoms with Crippen LogP contribution in [0, 0.1) is 10.8 Å². The molecule has 1 amide bonds. The summed E-state index contributed by atoms with van der Waals surface area (Å²) < 4.78 is 39.3. The van der Waals surface area contributed by atoms with E-state index >= 15 is 0 Å². The highest BCUT2D eigenvalue weighted by Crippen LogP contribution is 2.46. The number of alkyl halides is 3. The van der Waals surface area contributed by atoms with Crippen LogP contribution in [-0.2, 0) is 9.59 Å². The van der Waals surface area contributed by atoms with Crippen LogP contribution >= 0.6 is 0 Å². The first-order chi connectivity index (χ1) is 9.62. The minimum absolute atomic E-state index is 0.166. The Bertz CT molecular complexity index is 446. The van der Waals surface area contributed by atoms with E-state index in [2.05, 4.69) is 5.32 Å². The largest absolute Gasteiger partial charge is 0.481 e. The van der Waals surface area contributed by atoms with Crippen molar-refractivity contribution >= 4 is 11.9 Å². The van der Waals surface area contributed by atoms with Crippen molar-refractivity contribution < 1.29 is 27.9 Å². The normalized spacial score (nSPS) is 34.0. The van der Waals surface area contributed by atoms with Crippen molar-refractivity contribution in [2.45, 2.75) is 32.4 Å². The minimum atomic E-state index is -4.86. The monoisotopic (exact) mass is 308 g/mol. The molecule has 0 spiro atoms. The van der Waals surface area contributed by atoms with Crippen LogP contribution in [0.1, 0.15) is 26.2 Å². The van der Waals surface area contributed by atoms with Gasteiger partial charge in [-0.1, -0.05) is 0 Å². The molecule has 0 radical (unpaired) electrons. The topological polar surface area (TPSA) is 69.6 Å². The summed E-state index contributed by atoms with van der Waals surface area (Å²) in [6.45, 7) is 1.95. The van der Waals surface area contributed by atoms with Gasteiger partial charge in [0.15, 0.2) is 5.41 Å². The summed E-state index contributed by atoms with van der Waals surface area (Å²) in [5.41, 5.74) is -3.58. The lowest BCUT2D eigenvalue weighted by Crippen LogP contribution is -2.52. The number of carbonyl (C=O) groups is 2. The first kappa shape index (κ1) is 16.1. The number of nitrogens with one attached hydrogen (secondary N) is 1. The third-order valence-electron chi connectivity index (χ3n) is 4.62. The van der Waals surface area contributed by atoms with Gasteiger partial charge in [0, 0.05) is 19.6 Å². The zero-order valence-electron chi connectivity index (χ0n) is 11.8. The molecule has 0 aromatic rings. The van der Waals surface area contributed by atoms with Crippen LogP contribution in [-0.4, -0.2) is 54.2 Å². The Morgan fingerprint density at radius 1 is 1.29 bits per heavy atom. The number of hydrogen-bond acceptors (Lipinski definition) is 3. The first-order valence-corrected chi connectivity index (χ1v) is 6.93. The third kappa shape index (κ3) is 2.61. The maximum absolute atomic E-state index is 13.1. The first-order valence-electron chi connectivity index (χ1n) is 6.93. The van der Waals surface area contributed by atoms with Crippen LogP contribution in [0.3, 0.4) is 0 Å². The van der Waals surface area contributed by atoms with E-state index in [1.165, 1.54) is 0 Å². The number of likely N-dealkylation sites (tertiary alicyclic amines) is 1. The van der Waals surface area contributed by atoms with Crippen molar-refractivity contribution in [3.63, 3.8) is 0 Å². The molecule has 0 saturated carbocycles. The number of piperidine rings is 1. The molecule has 2 fully saturated rings. The second-order valence-corrected chi connectivity index (χ2v) is 6.20. The van der Waals surface area contributed by atoms with E-state index in [1.807, 2.05) is 0 Å². The molecule has 2 aliphatic rings. The fourth-order valence-corrected chi connectivity index (χ4v) is 3.13. The Morgan fingerprint density at radius 2 is 1.95 bits per heavy atom. The van der Waals surface area contributed by atoms with Gasteiger partial charge >= 0.3 is 12.1 Å². The molecule has 2 unspecified atom stereocenters. The summed E-state index contributed by atoms with van der Waals surface area (Å²) in [4.78, 5) is 24.7. The number of halogens is 3. The number of carboxylic acids is 1. The average molecular weight is 308 g/mol. The lowest BCUT2D eigenvalue weighted by molar-refractivity contribution is -0.227. The van der Waals surface area contributed by atoms with Gasteiger partial charge in [0.2, 0.25) is 5.91 Å². The summed E-state index contributed by atoms with van der Waals surface area (Å²) in [7, 11) is 0. The summed E-state index contributed by atoms with van der Waals surface area (Å²) >= 11 is 0. The molecule has 0 bridgehead atoms. The average Bonchev–Trinajstić information content (AvgIpc) is 2.84. The Labute approximate surface area is 120 Å². The number of nitrogens with zero attached hydrogens (tertiary/aromatic N) is 1. The number of aliphatic carboxylic acids is 1. The molecule has 5 nitrogen and oxygen atoms in total. The van der Waals surface area contributed by atoms with E-state index in [1.54, 1.807) is 6.92 Å². The third-order valence-corrected chi connectivity index (χ3v) is 4.62. The molecule has 2 atom stereocenters. The standard InChI is InChI=1S/C13H19F3N2O3/c1-11(3-2-5-17-7-11)9(19)18-6-4-12(8-18,10(20)21)13(14,15)16/h17H,2-8H2,1H3,(H,20,21). The Balaban J connectivity index is 2.17. The SMILES string of the molecule is CC1(C(=O)N2CCC(C(=O)O)(C(F)(F)F)C2)CCCNC1. The highest BCUT2D eigenvalue weighted by Gasteiger charge is 2.64. The highest BCUT2D eigenvalue weighted by atomic mass is 19.4. The van der Waals surface area contributed by atoms with Crippen molar-refractivity contribution in [2.24, 2.45) is 10.8 Å². The molecule has 0 aromatic carbocycles. The van der Waals surface area contributed by atoms with E-state index in [9.17, 15) is 22.8 Å². The lowest BCUT2D eigenvalue weighted by atomic mass is 9.81. The van der Waals surface area contributed by atoms with Gasteiger partial charge in [-0.3, -0.25) is 9.59 Å². The smallest absolute Gasteiger partial charge is 0.406 e. The summed E-state index contributed by atoms with van der Waals surface area (Å²) in [5.74, 6) is -2.29. The number of carboxylic acid groups (broad SMARTS) is 1. The highest BCUT2D eigenvalue weighted by molar-refractivity contribution is 5.85. The Kier molecular flexibility index (Phi) is 3.94. The molecule has 2 saturated heterocycles. The second-order valence-electron chi connectivity index (χ2n) is 6.20. The van der Waals surface area contributed by atoms with Crippen molar-refractivity contribution in [3.8, 4) is 0 Å². The lowest BCUT2D eigenvalue weighted by Gasteiger charge is -2.36. The van der Waals surface area contributed by atoms with Crippen LogP contribution in [0.2, 0.25) is 0 Å². The van der Waals surface area contributed by atoms with Gasteiger partial charge < -0.3 is 15.3 Å². The molecule has 2 heterocycles. The van der Waals surface area contributed by atoms with Crippen molar-refractivity contribution in [1.82, 2.24) is 10.2 Å². The molecule has 21 heavy (non-hydrogen) atoms. The van der Waals surface area contributed by atoms with Gasteiger partial charge in [0.25, 0.3) is 0 Å². The van der Waals surface area contributed by atoms with E-state index in [4.69, 9.17) is 5.11 Å². The number of amides is 1. The fraction of sp³-hybridized carbons (Fsp3) is 0.846. The Hall–Kier alpha value is -1.31. The van der Waals surface area contributed by atoms with Gasteiger partial charge in [-0.2, -0.15) is 13.2 Å². The van der Waals surface area contributed by atoms with Gasteiger partial charge in [0.1, 0.15) is 0 Å². The van der Waals surface area contributed by atoms with Crippen molar-refractivity contribution in [1.29, 1.82) is 0 Å². The van der Waals surface area contributed by atoms with Crippen molar-refractivity contribution in [3.05, 3.63) is 0 Å². The van der Waals surface area contributed by atoms with Crippen LogP contribution in [0.25, 0.3) is 0 Å². The van der Waals surface area contributed by atoms with E-state index in [0.717, 1.165) is 17.9 Å². The van der Waals surface area contributed by atoms with Crippen LogP contribution < -0.4 is 5.32 Å². The molecule has 8 heteroatoms. The van der Waals surface area contributed by atoms with Crippen LogP contribution in [0.4, 0.5) is 13.2 Å². The number of carbonyl (C=O) groups excluding carboxylic acids is 1. The predicted octanol–water partition coefficient (Wildman–Crippen LogP) is 1.24. The van der Waals surface area contributed by atoms with E-state index in [-0.39, 0.29) is 12.5 Å². The molecule has 2 aliphatic heterocycles. The van der Waals surface area contributed by atoms with Gasteiger partial charge in [0.05, 0.1) is 5.41 Å². The fourth-order valence-electron chi connectivity index (χ4n) is 3.13. The number of rotatable bonds is 2.